The fraction of sp³-hybridized carbons (Fsp3) is 1.00. The van der Waals surface area contributed by atoms with Gasteiger partial charge in [-0.1, -0.05) is 0 Å². The van der Waals surface area contributed by atoms with Gasteiger partial charge in [0, 0.05) is 19.1 Å². The molecule has 0 aromatic heterocycles. The summed E-state index contributed by atoms with van der Waals surface area (Å²) in [5.74, 6) is 0. The van der Waals surface area contributed by atoms with Gasteiger partial charge in [0.2, 0.25) is 0 Å². The predicted octanol–water partition coefficient (Wildman–Crippen LogP) is 0.379. The maximum absolute atomic E-state index is 11.9. The van der Waals surface area contributed by atoms with Gasteiger partial charge in [-0.05, 0) is 19.4 Å². The van der Waals surface area contributed by atoms with Gasteiger partial charge in [-0.25, -0.2) is 4.39 Å². The van der Waals surface area contributed by atoms with Crippen molar-refractivity contribution < 1.29 is 4.39 Å². The van der Waals surface area contributed by atoms with Crippen LogP contribution in [-0.4, -0.2) is 37.3 Å². The Balaban J connectivity index is 2.27. The molecule has 0 aromatic rings. The third kappa shape index (κ3) is 1.67. The zero-order valence-electron chi connectivity index (χ0n) is 6.22. The van der Waals surface area contributed by atoms with E-state index < -0.39 is 0 Å². The summed E-state index contributed by atoms with van der Waals surface area (Å²) in [6.45, 7) is 2.05. The number of hydrogen-bond acceptors (Lipinski definition) is 2. The minimum atomic E-state index is -0.240. The van der Waals surface area contributed by atoms with Crippen LogP contribution in [0.3, 0.4) is 0 Å². The SMILES string of the molecule is NC[C@H]1CCCN1CCF. The first-order chi connectivity index (χ1) is 4.88. The quantitative estimate of drug-likeness (QED) is 0.623. The molecule has 1 fully saturated rings. The summed E-state index contributed by atoms with van der Waals surface area (Å²) < 4.78 is 11.9. The van der Waals surface area contributed by atoms with Crippen molar-refractivity contribution >= 4 is 0 Å². The van der Waals surface area contributed by atoms with Gasteiger partial charge in [-0.15, -0.1) is 0 Å². The number of alkyl halides is 1. The molecule has 2 nitrogen and oxygen atoms in total. The molecule has 1 atom stereocenters. The van der Waals surface area contributed by atoms with Crippen LogP contribution in [0.5, 0.6) is 0 Å². The molecule has 1 rings (SSSR count). The molecule has 0 bridgehead atoms. The number of nitrogens with two attached hydrogens (primary N) is 1. The van der Waals surface area contributed by atoms with E-state index in [9.17, 15) is 4.39 Å². The summed E-state index contributed by atoms with van der Waals surface area (Å²) in [5.41, 5.74) is 5.49. The van der Waals surface area contributed by atoms with Gasteiger partial charge in [-0.3, -0.25) is 4.90 Å². The van der Waals surface area contributed by atoms with Crippen LogP contribution in [0.25, 0.3) is 0 Å². The van der Waals surface area contributed by atoms with Gasteiger partial charge in [0.25, 0.3) is 0 Å². The molecule has 1 saturated heterocycles. The van der Waals surface area contributed by atoms with Crippen LogP contribution in [0.2, 0.25) is 0 Å². The van der Waals surface area contributed by atoms with Crippen LogP contribution in [0.4, 0.5) is 4.39 Å². The molecule has 0 unspecified atom stereocenters. The third-order valence-corrected chi connectivity index (χ3v) is 2.14. The maximum Gasteiger partial charge on any atom is 0.102 e. The van der Waals surface area contributed by atoms with Crippen LogP contribution >= 0.6 is 0 Å². The summed E-state index contributed by atoms with van der Waals surface area (Å²) in [5, 5.41) is 0. The third-order valence-electron chi connectivity index (χ3n) is 2.14. The van der Waals surface area contributed by atoms with Crippen LogP contribution in [-0.2, 0) is 0 Å². The van der Waals surface area contributed by atoms with Gasteiger partial charge in [0.15, 0.2) is 0 Å². The Morgan fingerprint density at radius 2 is 2.40 bits per heavy atom. The molecule has 0 spiro atoms. The van der Waals surface area contributed by atoms with Gasteiger partial charge < -0.3 is 5.73 Å². The minimum absolute atomic E-state index is 0.240. The summed E-state index contributed by atoms with van der Waals surface area (Å²) >= 11 is 0. The molecule has 10 heavy (non-hydrogen) atoms. The van der Waals surface area contributed by atoms with Crippen molar-refractivity contribution in [3.8, 4) is 0 Å². The van der Waals surface area contributed by atoms with E-state index in [1.54, 1.807) is 0 Å². The van der Waals surface area contributed by atoms with Crippen molar-refractivity contribution in [2.24, 2.45) is 5.73 Å². The average Bonchev–Trinajstić information content (AvgIpc) is 2.36. The van der Waals surface area contributed by atoms with Gasteiger partial charge in [0.05, 0.1) is 0 Å². The topological polar surface area (TPSA) is 29.3 Å². The van der Waals surface area contributed by atoms with Crippen molar-refractivity contribution in [1.29, 1.82) is 0 Å². The highest BCUT2D eigenvalue weighted by Gasteiger charge is 2.21. The Kier molecular flexibility index (Phi) is 3.09. The lowest BCUT2D eigenvalue weighted by Gasteiger charge is -2.20. The number of hydrogen-bond donors (Lipinski definition) is 1. The van der Waals surface area contributed by atoms with Crippen molar-refractivity contribution in [3.05, 3.63) is 0 Å². The molecule has 0 radical (unpaired) electrons. The predicted molar refractivity (Wildman–Crippen MR) is 39.6 cm³/mol. The van der Waals surface area contributed by atoms with Crippen molar-refractivity contribution in [3.63, 3.8) is 0 Å². The van der Waals surface area contributed by atoms with Crippen molar-refractivity contribution in [2.75, 3.05) is 26.3 Å². The first-order valence-corrected chi connectivity index (χ1v) is 3.88. The van der Waals surface area contributed by atoms with E-state index in [4.69, 9.17) is 5.73 Å². The zero-order chi connectivity index (χ0) is 7.40. The van der Waals surface area contributed by atoms with Crippen molar-refractivity contribution in [2.45, 2.75) is 18.9 Å². The first kappa shape index (κ1) is 7.95. The van der Waals surface area contributed by atoms with E-state index in [1.165, 1.54) is 6.42 Å². The molecule has 0 aliphatic carbocycles. The Bertz CT molecular complexity index is 97.6. The number of rotatable bonds is 3. The lowest BCUT2D eigenvalue weighted by atomic mass is 10.2. The molecule has 0 amide bonds. The molecule has 0 saturated carbocycles. The monoisotopic (exact) mass is 146 g/mol. The summed E-state index contributed by atoms with van der Waals surface area (Å²) in [6, 6.07) is 0.454. The fourth-order valence-electron chi connectivity index (χ4n) is 1.57. The normalized spacial score (nSPS) is 27.6. The first-order valence-electron chi connectivity index (χ1n) is 3.88. The Morgan fingerprint density at radius 1 is 1.60 bits per heavy atom. The number of nitrogens with zero attached hydrogens (tertiary/aromatic N) is 1. The second-order valence-electron chi connectivity index (χ2n) is 2.76. The Labute approximate surface area is 61.2 Å². The fourth-order valence-corrected chi connectivity index (χ4v) is 1.57. The molecule has 2 N–H and O–H groups in total. The molecular weight excluding hydrogens is 131 g/mol. The molecule has 1 aliphatic rings. The van der Waals surface area contributed by atoms with E-state index >= 15 is 0 Å². The number of halogens is 1. The standard InChI is InChI=1S/C7H15FN2/c8-3-5-10-4-1-2-7(10)6-9/h7H,1-6,9H2/t7-/m1/s1. The van der Waals surface area contributed by atoms with E-state index in [1.807, 2.05) is 0 Å². The summed E-state index contributed by atoms with van der Waals surface area (Å²) in [4.78, 5) is 2.14. The molecule has 60 valence electrons. The van der Waals surface area contributed by atoms with Gasteiger partial charge >= 0.3 is 0 Å². The van der Waals surface area contributed by atoms with E-state index in [0.717, 1.165) is 13.0 Å². The summed E-state index contributed by atoms with van der Waals surface area (Å²) in [7, 11) is 0. The molecule has 1 heterocycles. The van der Waals surface area contributed by atoms with Crippen LogP contribution in [0.15, 0.2) is 0 Å². The largest absolute Gasteiger partial charge is 0.329 e. The van der Waals surface area contributed by atoms with E-state index in [-0.39, 0.29) is 6.67 Å². The molecular formula is C7H15FN2. The molecule has 3 heteroatoms. The Morgan fingerprint density at radius 3 is 3.00 bits per heavy atom. The van der Waals surface area contributed by atoms with Crippen molar-refractivity contribution in [1.82, 2.24) is 4.90 Å². The number of likely N-dealkylation sites (tertiary alicyclic amines) is 1. The highest BCUT2D eigenvalue weighted by atomic mass is 19.1. The zero-order valence-corrected chi connectivity index (χ0v) is 6.22. The summed E-state index contributed by atoms with van der Waals surface area (Å²) in [6.07, 6.45) is 2.33. The molecule has 0 aromatic carbocycles. The minimum Gasteiger partial charge on any atom is -0.329 e. The average molecular weight is 146 g/mol. The highest BCUT2D eigenvalue weighted by Crippen LogP contribution is 2.14. The lowest BCUT2D eigenvalue weighted by Crippen LogP contribution is -2.36. The smallest absolute Gasteiger partial charge is 0.102 e. The highest BCUT2D eigenvalue weighted by molar-refractivity contribution is 4.79. The van der Waals surface area contributed by atoms with Gasteiger partial charge in [0.1, 0.15) is 6.67 Å². The van der Waals surface area contributed by atoms with Crippen LogP contribution < -0.4 is 5.73 Å². The second kappa shape index (κ2) is 3.88. The molecule has 1 aliphatic heterocycles. The van der Waals surface area contributed by atoms with E-state index in [2.05, 4.69) is 4.90 Å². The van der Waals surface area contributed by atoms with Gasteiger partial charge in [-0.2, -0.15) is 0 Å². The second-order valence-corrected chi connectivity index (χ2v) is 2.76. The Hall–Kier alpha value is -0.150. The van der Waals surface area contributed by atoms with Crippen LogP contribution in [0, 0.1) is 0 Å². The van der Waals surface area contributed by atoms with E-state index in [0.29, 0.717) is 19.1 Å². The van der Waals surface area contributed by atoms with Crippen LogP contribution in [0.1, 0.15) is 12.8 Å². The maximum atomic E-state index is 11.9. The lowest BCUT2D eigenvalue weighted by molar-refractivity contribution is 0.235.